The molecule has 1 aliphatic rings. The van der Waals surface area contributed by atoms with Crippen molar-refractivity contribution in [1.29, 1.82) is 0 Å². The maximum atomic E-state index is 11.6. The van der Waals surface area contributed by atoms with Crippen LogP contribution < -0.4 is 10.6 Å². The van der Waals surface area contributed by atoms with E-state index >= 15 is 0 Å². The SMILES string of the molecule is CC1(C)OC[C@H](CNC(=O)NCc2ccncc2)O1. The molecule has 0 aliphatic carbocycles. The molecule has 0 bridgehead atoms. The molecule has 1 fully saturated rings. The zero-order chi connectivity index (χ0) is 13.7. The van der Waals surface area contributed by atoms with E-state index in [1.807, 2.05) is 26.0 Å². The number of urea groups is 1. The topological polar surface area (TPSA) is 72.5 Å². The maximum absolute atomic E-state index is 11.6. The van der Waals surface area contributed by atoms with Gasteiger partial charge in [-0.25, -0.2) is 4.79 Å². The van der Waals surface area contributed by atoms with E-state index in [4.69, 9.17) is 9.47 Å². The molecule has 0 radical (unpaired) electrons. The van der Waals surface area contributed by atoms with Crippen molar-refractivity contribution in [1.82, 2.24) is 15.6 Å². The quantitative estimate of drug-likeness (QED) is 0.853. The van der Waals surface area contributed by atoms with Gasteiger partial charge < -0.3 is 20.1 Å². The molecule has 19 heavy (non-hydrogen) atoms. The third-order valence-corrected chi connectivity index (χ3v) is 2.76. The van der Waals surface area contributed by atoms with Gasteiger partial charge in [-0.15, -0.1) is 0 Å². The maximum Gasteiger partial charge on any atom is 0.315 e. The van der Waals surface area contributed by atoms with Crippen LogP contribution in [0.25, 0.3) is 0 Å². The number of amides is 2. The molecule has 1 atom stereocenters. The number of pyridine rings is 1. The van der Waals surface area contributed by atoms with Gasteiger partial charge in [0.2, 0.25) is 0 Å². The molecule has 0 unspecified atom stereocenters. The molecule has 104 valence electrons. The summed E-state index contributed by atoms with van der Waals surface area (Å²) in [6.45, 7) is 5.12. The van der Waals surface area contributed by atoms with Crippen LogP contribution in [0.4, 0.5) is 4.79 Å². The lowest BCUT2D eigenvalue weighted by molar-refractivity contribution is -0.137. The zero-order valence-electron chi connectivity index (χ0n) is 11.2. The van der Waals surface area contributed by atoms with E-state index in [-0.39, 0.29) is 12.1 Å². The molecule has 6 heteroatoms. The van der Waals surface area contributed by atoms with Crippen molar-refractivity contribution >= 4 is 6.03 Å². The Bertz CT molecular complexity index is 422. The van der Waals surface area contributed by atoms with Crippen LogP contribution in [0.5, 0.6) is 0 Å². The Labute approximate surface area is 112 Å². The molecule has 2 rings (SSSR count). The smallest absolute Gasteiger partial charge is 0.315 e. The van der Waals surface area contributed by atoms with Crippen molar-refractivity contribution in [2.75, 3.05) is 13.2 Å². The largest absolute Gasteiger partial charge is 0.348 e. The highest BCUT2D eigenvalue weighted by molar-refractivity contribution is 5.73. The predicted molar refractivity (Wildman–Crippen MR) is 69.4 cm³/mol. The number of nitrogens with one attached hydrogen (secondary N) is 2. The van der Waals surface area contributed by atoms with E-state index in [1.165, 1.54) is 0 Å². The van der Waals surface area contributed by atoms with Gasteiger partial charge in [0.05, 0.1) is 6.61 Å². The summed E-state index contributed by atoms with van der Waals surface area (Å²) in [6, 6.07) is 3.50. The number of ether oxygens (including phenoxy) is 2. The second-order valence-corrected chi connectivity index (χ2v) is 4.87. The van der Waals surface area contributed by atoms with Crippen LogP contribution >= 0.6 is 0 Å². The molecule has 1 aliphatic heterocycles. The van der Waals surface area contributed by atoms with E-state index < -0.39 is 5.79 Å². The van der Waals surface area contributed by atoms with E-state index in [0.29, 0.717) is 19.7 Å². The number of hydrogen-bond acceptors (Lipinski definition) is 4. The molecule has 2 heterocycles. The summed E-state index contributed by atoms with van der Waals surface area (Å²) < 4.78 is 11.0. The Morgan fingerprint density at radius 3 is 2.79 bits per heavy atom. The monoisotopic (exact) mass is 265 g/mol. The molecule has 0 aromatic carbocycles. The molecule has 0 spiro atoms. The first kappa shape index (κ1) is 13.8. The average Bonchev–Trinajstić information content (AvgIpc) is 2.75. The van der Waals surface area contributed by atoms with Crippen molar-refractivity contribution in [3.8, 4) is 0 Å². The van der Waals surface area contributed by atoms with E-state index in [9.17, 15) is 4.79 Å². The van der Waals surface area contributed by atoms with Gasteiger partial charge in [0.15, 0.2) is 5.79 Å². The highest BCUT2D eigenvalue weighted by Crippen LogP contribution is 2.21. The van der Waals surface area contributed by atoms with Crippen LogP contribution in [-0.2, 0) is 16.0 Å². The summed E-state index contributed by atoms with van der Waals surface area (Å²) in [5, 5.41) is 5.53. The Morgan fingerprint density at radius 2 is 2.16 bits per heavy atom. The number of rotatable bonds is 4. The number of carbonyl (C=O) groups is 1. The van der Waals surface area contributed by atoms with Crippen LogP contribution in [0.15, 0.2) is 24.5 Å². The fraction of sp³-hybridized carbons (Fsp3) is 0.538. The zero-order valence-corrected chi connectivity index (χ0v) is 11.2. The van der Waals surface area contributed by atoms with Gasteiger partial charge in [0, 0.05) is 25.5 Å². The van der Waals surface area contributed by atoms with Crippen molar-refractivity contribution in [2.24, 2.45) is 0 Å². The Kier molecular flexibility index (Phi) is 4.34. The molecule has 6 nitrogen and oxygen atoms in total. The molecular formula is C13H19N3O3. The summed E-state index contributed by atoms with van der Waals surface area (Å²) >= 11 is 0. The van der Waals surface area contributed by atoms with Gasteiger partial charge in [-0.3, -0.25) is 4.98 Å². The Morgan fingerprint density at radius 1 is 1.42 bits per heavy atom. The van der Waals surface area contributed by atoms with E-state index in [2.05, 4.69) is 15.6 Å². The fourth-order valence-corrected chi connectivity index (χ4v) is 1.82. The van der Waals surface area contributed by atoms with Crippen molar-refractivity contribution in [3.05, 3.63) is 30.1 Å². The minimum Gasteiger partial charge on any atom is -0.348 e. The van der Waals surface area contributed by atoms with Gasteiger partial charge in [-0.05, 0) is 31.5 Å². The molecule has 2 amide bonds. The number of aromatic nitrogens is 1. The van der Waals surface area contributed by atoms with Crippen LogP contribution in [0.3, 0.4) is 0 Å². The Hall–Kier alpha value is -1.66. The summed E-state index contributed by atoms with van der Waals surface area (Å²) in [6.07, 6.45) is 3.29. The van der Waals surface area contributed by atoms with Gasteiger partial charge in [0.25, 0.3) is 0 Å². The number of carbonyl (C=O) groups excluding carboxylic acids is 1. The van der Waals surface area contributed by atoms with Crippen LogP contribution in [0.1, 0.15) is 19.4 Å². The highest BCUT2D eigenvalue weighted by atomic mass is 16.7. The first-order valence-electron chi connectivity index (χ1n) is 6.27. The number of nitrogens with zero attached hydrogens (tertiary/aromatic N) is 1. The molecule has 2 N–H and O–H groups in total. The molecule has 1 aromatic rings. The highest BCUT2D eigenvalue weighted by Gasteiger charge is 2.32. The van der Waals surface area contributed by atoms with Gasteiger partial charge in [0.1, 0.15) is 6.10 Å². The number of hydrogen-bond donors (Lipinski definition) is 2. The third-order valence-electron chi connectivity index (χ3n) is 2.76. The summed E-state index contributed by atoms with van der Waals surface area (Å²) in [4.78, 5) is 15.5. The summed E-state index contributed by atoms with van der Waals surface area (Å²) in [5.41, 5.74) is 1.01. The lowest BCUT2D eigenvalue weighted by Crippen LogP contribution is -2.40. The lowest BCUT2D eigenvalue weighted by Gasteiger charge is -2.17. The van der Waals surface area contributed by atoms with E-state index in [0.717, 1.165) is 5.56 Å². The van der Waals surface area contributed by atoms with Crippen LogP contribution in [0.2, 0.25) is 0 Å². The van der Waals surface area contributed by atoms with Crippen LogP contribution in [-0.4, -0.2) is 36.1 Å². The lowest BCUT2D eigenvalue weighted by atomic mass is 10.3. The first-order chi connectivity index (χ1) is 9.05. The fourth-order valence-electron chi connectivity index (χ4n) is 1.82. The van der Waals surface area contributed by atoms with Gasteiger partial charge in [-0.1, -0.05) is 0 Å². The normalized spacial score (nSPS) is 21.1. The minimum absolute atomic E-state index is 0.0957. The summed E-state index contributed by atoms with van der Waals surface area (Å²) in [5.74, 6) is -0.556. The standard InChI is InChI=1S/C13H19N3O3/c1-13(2)18-9-11(19-13)8-16-12(17)15-7-10-3-5-14-6-4-10/h3-6,11H,7-9H2,1-2H3,(H2,15,16,17)/t11-/m0/s1. The molecular weight excluding hydrogens is 246 g/mol. The Balaban J connectivity index is 1.65. The third kappa shape index (κ3) is 4.50. The van der Waals surface area contributed by atoms with Gasteiger partial charge >= 0.3 is 6.03 Å². The predicted octanol–water partition coefficient (Wildman–Crippen LogP) is 1.03. The molecule has 0 saturated carbocycles. The minimum atomic E-state index is -0.556. The van der Waals surface area contributed by atoms with Crippen molar-refractivity contribution in [3.63, 3.8) is 0 Å². The molecule has 1 saturated heterocycles. The molecule has 1 aromatic heterocycles. The second kappa shape index (κ2) is 5.99. The summed E-state index contributed by atoms with van der Waals surface area (Å²) in [7, 11) is 0. The first-order valence-corrected chi connectivity index (χ1v) is 6.27. The average molecular weight is 265 g/mol. The van der Waals surface area contributed by atoms with Gasteiger partial charge in [-0.2, -0.15) is 0 Å². The second-order valence-electron chi connectivity index (χ2n) is 4.87. The van der Waals surface area contributed by atoms with Crippen molar-refractivity contribution in [2.45, 2.75) is 32.3 Å². The van der Waals surface area contributed by atoms with Crippen LogP contribution in [0, 0.1) is 0 Å². The van der Waals surface area contributed by atoms with Crippen molar-refractivity contribution < 1.29 is 14.3 Å². The van der Waals surface area contributed by atoms with E-state index in [1.54, 1.807) is 12.4 Å².